The van der Waals surface area contributed by atoms with Gasteiger partial charge in [0.05, 0.1) is 24.8 Å². The molecule has 1 saturated heterocycles. The standard InChI is InChI=1S/C25H20ClNO4S2/c1-29-19-11-12-21(22(14-19)30-2)27-24(28)23(33-25(27)32)13-16-7-9-18(10-8-16)31-15-17-5-3-4-6-20(17)26/h3-14H,15H2,1-2H3. The molecule has 1 amide bonds. The lowest BCUT2D eigenvalue weighted by molar-refractivity contribution is -0.113. The summed E-state index contributed by atoms with van der Waals surface area (Å²) in [6.07, 6.45) is 1.81. The fourth-order valence-corrected chi connectivity index (χ4v) is 4.71. The summed E-state index contributed by atoms with van der Waals surface area (Å²) in [5.74, 6) is 1.65. The van der Waals surface area contributed by atoms with E-state index in [0.717, 1.165) is 11.1 Å². The quantitative estimate of drug-likeness (QED) is 0.280. The zero-order valence-electron chi connectivity index (χ0n) is 17.9. The van der Waals surface area contributed by atoms with Gasteiger partial charge in [-0.15, -0.1) is 0 Å². The van der Waals surface area contributed by atoms with Gasteiger partial charge in [0.1, 0.15) is 23.9 Å². The number of amides is 1. The Balaban J connectivity index is 1.49. The van der Waals surface area contributed by atoms with E-state index in [1.807, 2.05) is 54.6 Å². The van der Waals surface area contributed by atoms with Crippen LogP contribution in [-0.2, 0) is 11.4 Å². The maximum atomic E-state index is 13.1. The van der Waals surface area contributed by atoms with Gasteiger partial charge in [0.2, 0.25) is 0 Å². The smallest absolute Gasteiger partial charge is 0.270 e. The molecular formula is C25H20ClNO4S2. The van der Waals surface area contributed by atoms with Gasteiger partial charge in [-0.05, 0) is 42.0 Å². The number of thiocarbonyl (C=S) groups is 1. The number of rotatable bonds is 7. The van der Waals surface area contributed by atoms with Crippen LogP contribution in [-0.4, -0.2) is 24.4 Å². The number of anilines is 1. The highest BCUT2D eigenvalue weighted by Crippen LogP contribution is 2.41. The third-order valence-electron chi connectivity index (χ3n) is 4.95. The van der Waals surface area contributed by atoms with Gasteiger partial charge in [-0.25, -0.2) is 0 Å². The van der Waals surface area contributed by atoms with Crippen LogP contribution < -0.4 is 19.1 Å². The van der Waals surface area contributed by atoms with Gasteiger partial charge in [-0.2, -0.15) is 0 Å². The van der Waals surface area contributed by atoms with Crippen molar-refractivity contribution in [2.24, 2.45) is 0 Å². The molecule has 0 aromatic heterocycles. The van der Waals surface area contributed by atoms with Crippen LogP contribution in [0.3, 0.4) is 0 Å². The van der Waals surface area contributed by atoms with E-state index in [1.54, 1.807) is 32.4 Å². The normalized spacial score (nSPS) is 14.6. The lowest BCUT2D eigenvalue weighted by atomic mass is 10.2. The van der Waals surface area contributed by atoms with Gasteiger partial charge < -0.3 is 14.2 Å². The molecule has 0 N–H and O–H groups in total. The Morgan fingerprint density at radius 3 is 2.42 bits per heavy atom. The molecule has 0 radical (unpaired) electrons. The molecule has 0 unspecified atom stereocenters. The van der Waals surface area contributed by atoms with Crippen LogP contribution in [0.5, 0.6) is 17.2 Å². The van der Waals surface area contributed by atoms with Crippen LogP contribution in [0.2, 0.25) is 5.02 Å². The molecule has 3 aromatic rings. The Hall–Kier alpha value is -3.00. The first-order valence-corrected chi connectivity index (χ1v) is 11.6. The molecule has 4 rings (SSSR count). The molecule has 168 valence electrons. The van der Waals surface area contributed by atoms with Crippen molar-refractivity contribution >= 4 is 57.6 Å². The van der Waals surface area contributed by atoms with Crippen molar-refractivity contribution < 1.29 is 19.0 Å². The fraction of sp³-hybridized carbons (Fsp3) is 0.120. The molecule has 1 aliphatic rings. The second kappa shape index (κ2) is 10.3. The van der Waals surface area contributed by atoms with E-state index in [1.165, 1.54) is 16.7 Å². The average molecular weight is 498 g/mol. The van der Waals surface area contributed by atoms with E-state index in [4.69, 9.17) is 38.0 Å². The number of halogens is 1. The van der Waals surface area contributed by atoms with Crippen molar-refractivity contribution in [1.29, 1.82) is 0 Å². The summed E-state index contributed by atoms with van der Waals surface area (Å²) in [7, 11) is 3.12. The van der Waals surface area contributed by atoms with Crippen LogP contribution in [0.4, 0.5) is 5.69 Å². The van der Waals surface area contributed by atoms with E-state index >= 15 is 0 Å². The summed E-state index contributed by atoms with van der Waals surface area (Å²) in [5.41, 5.74) is 2.36. The Morgan fingerprint density at radius 2 is 1.73 bits per heavy atom. The van der Waals surface area contributed by atoms with Gasteiger partial charge in [0.15, 0.2) is 4.32 Å². The van der Waals surface area contributed by atoms with Crippen molar-refractivity contribution in [3.8, 4) is 17.2 Å². The van der Waals surface area contributed by atoms with E-state index in [9.17, 15) is 4.79 Å². The summed E-state index contributed by atoms with van der Waals surface area (Å²) in [6.45, 7) is 0.376. The van der Waals surface area contributed by atoms with Crippen LogP contribution >= 0.6 is 35.6 Å². The molecule has 3 aromatic carbocycles. The summed E-state index contributed by atoms with van der Waals surface area (Å²) >= 11 is 12.9. The number of hydrogen-bond acceptors (Lipinski definition) is 6. The number of hydrogen-bond donors (Lipinski definition) is 0. The molecule has 0 atom stereocenters. The molecule has 1 aliphatic heterocycles. The number of ether oxygens (including phenoxy) is 3. The highest BCUT2D eigenvalue weighted by atomic mass is 35.5. The zero-order chi connectivity index (χ0) is 23.4. The van der Waals surface area contributed by atoms with Crippen molar-refractivity contribution in [2.45, 2.75) is 6.61 Å². The number of carbonyl (C=O) groups excluding carboxylic acids is 1. The highest BCUT2D eigenvalue weighted by Gasteiger charge is 2.35. The van der Waals surface area contributed by atoms with Crippen molar-refractivity contribution in [3.05, 3.63) is 87.8 Å². The molecule has 0 bridgehead atoms. The van der Waals surface area contributed by atoms with Crippen LogP contribution in [0.25, 0.3) is 6.08 Å². The lowest BCUT2D eigenvalue weighted by Gasteiger charge is -2.18. The number of thioether (sulfide) groups is 1. The summed E-state index contributed by atoms with van der Waals surface area (Å²) in [6, 6.07) is 20.3. The predicted molar refractivity (Wildman–Crippen MR) is 137 cm³/mol. The number of benzene rings is 3. The number of nitrogens with zero attached hydrogens (tertiary/aromatic N) is 1. The molecule has 8 heteroatoms. The molecule has 5 nitrogen and oxygen atoms in total. The van der Waals surface area contributed by atoms with Crippen molar-refractivity contribution in [1.82, 2.24) is 0 Å². The van der Waals surface area contributed by atoms with Crippen molar-refractivity contribution in [3.63, 3.8) is 0 Å². The minimum Gasteiger partial charge on any atom is -0.497 e. The lowest BCUT2D eigenvalue weighted by Crippen LogP contribution is -2.27. The largest absolute Gasteiger partial charge is 0.497 e. The molecule has 0 aliphatic carbocycles. The summed E-state index contributed by atoms with van der Waals surface area (Å²) < 4.78 is 16.9. The van der Waals surface area contributed by atoms with Gasteiger partial charge in [0, 0.05) is 16.7 Å². The first-order valence-electron chi connectivity index (χ1n) is 9.96. The van der Waals surface area contributed by atoms with Gasteiger partial charge in [-0.3, -0.25) is 9.69 Å². The van der Waals surface area contributed by atoms with Crippen molar-refractivity contribution in [2.75, 3.05) is 19.1 Å². The maximum absolute atomic E-state index is 13.1. The first kappa shape index (κ1) is 23.2. The van der Waals surface area contributed by atoms with Gasteiger partial charge in [-0.1, -0.05) is 65.9 Å². The third kappa shape index (κ3) is 5.16. The Morgan fingerprint density at radius 1 is 1.00 bits per heavy atom. The number of carbonyl (C=O) groups is 1. The molecular weight excluding hydrogens is 478 g/mol. The monoisotopic (exact) mass is 497 g/mol. The van der Waals surface area contributed by atoms with Crippen LogP contribution in [0.1, 0.15) is 11.1 Å². The maximum Gasteiger partial charge on any atom is 0.270 e. The third-order valence-corrected chi connectivity index (χ3v) is 6.62. The second-order valence-electron chi connectivity index (χ2n) is 7.00. The van der Waals surface area contributed by atoms with Crippen LogP contribution in [0, 0.1) is 0 Å². The fourth-order valence-electron chi connectivity index (χ4n) is 3.23. The highest BCUT2D eigenvalue weighted by molar-refractivity contribution is 8.27. The minimum absolute atomic E-state index is 0.201. The Kier molecular flexibility index (Phi) is 7.23. The Bertz CT molecular complexity index is 1230. The van der Waals surface area contributed by atoms with E-state index in [2.05, 4.69) is 0 Å². The van der Waals surface area contributed by atoms with Crippen LogP contribution in [0.15, 0.2) is 71.6 Å². The SMILES string of the molecule is COc1ccc(N2C(=O)C(=Cc3ccc(OCc4ccccc4Cl)cc3)SC2=S)c(OC)c1. The molecule has 1 fully saturated rings. The number of methoxy groups -OCH3 is 2. The minimum atomic E-state index is -0.201. The molecule has 1 heterocycles. The van der Waals surface area contributed by atoms with E-state index in [0.29, 0.717) is 43.8 Å². The zero-order valence-corrected chi connectivity index (χ0v) is 20.3. The topological polar surface area (TPSA) is 48.0 Å². The van der Waals surface area contributed by atoms with Gasteiger partial charge >= 0.3 is 0 Å². The molecule has 33 heavy (non-hydrogen) atoms. The summed E-state index contributed by atoms with van der Waals surface area (Å²) in [4.78, 5) is 15.1. The molecule has 0 spiro atoms. The first-order chi connectivity index (χ1) is 16.0. The average Bonchev–Trinajstić information content (AvgIpc) is 3.11. The van der Waals surface area contributed by atoms with E-state index in [-0.39, 0.29) is 5.91 Å². The summed E-state index contributed by atoms with van der Waals surface area (Å²) in [5, 5.41) is 0.671. The predicted octanol–water partition coefficient (Wildman–Crippen LogP) is 6.34. The van der Waals surface area contributed by atoms with E-state index < -0.39 is 0 Å². The second-order valence-corrected chi connectivity index (χ2v) is 9.09. The van der Waals surface area contributed by atoms with Gasteiger partial charge in [0.25, 0.3) is 5.91 Å². The Labute approximate surface area is 206 Å². The molecule has 0 saturated carbocycles.